The summed E-state index contributed by atoms with van der Waals surface area (Å²) in [7, 11) is 0. The molecule has 2 aliphatic heterocycles. The van der Waals surface area contributed by atoms with Gasteiger partial charge in [0.25, 0.3) is 0 Å². The minimum absolute atomic E-state index is 0.137. The van der Waals surface area contributed by atoms with Crippen LogP contribution in [0.25, 0.3) is 0 Å². The fourth-order valence-corrected chi connectivity index (χ4v) is 4.25. The number of anilines is 1. The van der Waals surface area contributed by atoms with Gasteiger partial charge in [-0.1, -0.05) is 12.8 Å². The fourth-order valence-electron chi connectivity index (χ4n) is 4.25. The second-order valence-electron chi connectivity index (χ2n) is 7.17. The Balaban J connectivity index is 1.38. The number of fused-ring (bicyclic) bond motifs is 1. The van der Waals surface area contributed by atoms with Gasteiger partial charge in [-0.25, -0.2) is 9.97 Å². The van der Waals surface area contributed by atoms with Crippen LogP contribution in [0, 0.1) is 17.3 Å². The van der Waals surface area contributed by atoms with Crippen LogP contribution in [-0.2, 0) is 9.47 Å². The van der Waals surface area contributed by atoms with Crippen molar-refractivity contribution >= 4 is 5.95 Å². The highest BCUT2D eigenvalue weighted by Crippen LogP contribution is 2.42. The van der Waals surface area contributed by atoms with Crippen LogP contribution in [0.1, 0.15) is 25.7 Å². The Hall–Kier alpha value is -1.20. The third-order valence-electron chi connectivity index (χ3n) is 5.57. The van der Waals surface area contributed by atoms with E-state index in [2.05, 4.69) is 14.9 Å². The standard InChI is InChI=1S/C17H25N3O2/c1-2-5-14(4-1)9-21-12-17-11-20(8-15(17)10-22-13-17)16-18-6-3-7-19-16/h3,6-7,14-15H,1-2,4-5,8-13H2/t15-,17-/m1/s1. The van der Waals surface area contributed by atoms with E-state index in [9.17, 15) is 0 Å². The average Bonchev–Trinajstić information content (AvgIpc) is 3.23. The molecule has 2 atom stereocenters. The van der Waals surface area contributed by atoms with Gasteiger partial charge in [-0.05, 0) is 24.8 Å². The smallest absolute Gasteiger partial charge is 0.225 e. The number of hydrogen-bond donors (Lipinski definition) is 0. The molecule has 3 aliphatic rings. The molecule has 0 amide bonds. The first kappa shape index (κ1) is 14.4. The van der Waals surface area contributed by atoms with Crippen molar-refractivity contribution in [2.75, 3.05) is 44.4 Å². The Labute approximate surface area is 132 Å². The Morgan fingerprint density at radius 2 is 2.09 bits per heavy atom. The van der Waals surface area contributed by atoms with Gasteiger partial charge in [0.1, 0.15) is 0 Å². The molecule has 0 spiro atoms. The second-order valence-corrected chi connectivity index (χ2v) is 7.17. The van der Waals surface area contributed by atoms with E-state index in [0.717, 1.165) is 51.4 Å². The Morgan fingerprint density at radius 3 is 2.91 bits per heavy atom. The van der Waals surface area contributed by atoms with Crippen molar-refractivity contribution in [1.82, 2.24) is 9.97 Å². The van der Waals surface area contributed by atoms with Crippen LogP contribution in [0.2, 0.25) is 0 Å². The van der Waals surface area contributed by atoms with E-state index in [4.69, 9.17) is 9.47 Å². The molecule has 1 saturated carbocycles. The largest absolute Gasteiger partial charge is 0.380 e. The van der Waals surface area contributed by atoms with Crippen LogP contribution in [0.15, 0.2) is 18.5 Å². The highest BCUT2D eigenvalue weighted by atomic mass is 16.5. The van der Waals surface area contributed by atoms with Gasteiger partial charge in [0.2, 0.25) is 5.95 Å². The van der Waals surface area contributed by atoms with Gasteiger partial charge in [0.15, 0.2) is 0 Å². The molecule has 3 fully saturated rings. The van der Waals surface area contributed by atoms with Crippen LogP contribution < -0.4 is 4.90 Å². The van der Waals surface area contributed by atoms with E-state index in [1.165, 1.54) is 25.7 Å². The van der Waals surface area contributed by atoms with Gasteiger partial charge >= 0.3 is 0 Å². The zero-order valence-corrected chi connectivity index (χ0v) is 13.1. The summed E-state index contributed by atoms with van der Waals surface area (Å²) in [4.78, 5) is 11.1. The van der Waals surface area contributed by atoms with Crippen molar-refractivity contribution in [1.29, 1.82) is 0 Å². The lowest BCUT2D eigenvalue weighted by Gasteiger charge is -2.27. The first-order valence-electron chi connectivity index (χ1n) is 8.53. The second kappa shape index (κ2) is 6.13. The van der Waals surface area contributed by atoms with Gasteiger partial charge < -0.3 is 14.4 Å². The molecule has 22 heavy (non-hydrogen) atoms. The first-order valence-corrected chi connectivity index (χ1v) is 8.53. The molecule has 1 aliphatic carbocycles. The quantitative estimate of drug-likeness (QED) is 0.834. The molecule has 0 unspecified atom stereocenters. The van der Waals surface area contributed by atoms with Crippen LogP contribution in [0.3, 0.4) is 0 Å². The van der Waals surface area contributed by atoms with Crippen LogP contribution in [-0.4, -0.2) is 49.5 Å². The minimum Gasteiger partial charge on any atom is -0.380 e. The third-order valence-corrected chi connectivity index (χ3v) is 5.57. The number of hydrogen-bond acceptors (Lipinski definition) is 5. The predicted molar refractivity (Wildman–Crippen MR) is 83.8 cm³/mol. The summed E-state index contributed by atoms with van der Waals surface area (Å²) in [5.74, 6) is 2.17. The summed E-state index contributed by atoms with van der Waals surface area (Å²) in [5, 5.41) is 0. The van der Waals surface area contributed by atoms with Crippen molar-refractivity contribution in [2.24, 2.45) is 17.3 Å². The van der Waals surface area contributed by atoms with Crippen LogP contribution >= 0.6 is 0 Å². The highest BCUT2D eigenvalue weighted by molar-refractivity contribution is 5.33. The van der Waals surface area contributed by atoms with E-state index < -0.39 is 0 Å². The molecular formula is C17H25N3O2. The Bertz CT molecular complexity index is 492. The van der Waals surface area contributed by atoms with E-state index in [-0.39, 0.29) is 5.41 Å². The van der Waals surface area contributed by atoms with Gasteiger partial charge in [0.05, 0.1) is 19.8 Å². The van der Waals surface area contributed by atoms with Crippen LogP contribution in [0.4, 0.5) is 5.95 Å². The van der Waals surface area contributed by atoms with Crippen molar-refractivity contribution in [3.8, 4) is 0 Å². The molecule has 1 aromatic heterocycles. The van der Waals surface area contributed by atoms with Crippen molar-refractivity contribution in [2.45, 2.75) is 25.7 Å². The lowest BCUT2D eigenvalue weighted by Crippen LogP contribution is -2.36. The van der Waals surface area contributed by atoms with E-state index in [1.54, 1.807) is 0 Å². The molecular weight excluding hydrogens is 278 g/mol. The topological polar surface area (TPSA) is 47.5 Å². The fraction of sp³-hybridized carbons (Fsp3) is 0.765. The summed E-state index contributed by atoms with van der Waals surface area (Å²) < 4.78 is 11.9. The lowest BCUT2D eigenvalue weighted by molar-refractivity contribution is 0.0194. The summed E-state index contributed by atoms with van der Waals surface area (Å²) >= 11 is 0. The molecule has 120 valence electrons. The Morgan fingerprint density at radius 1 is 1.27 bits per heavy atom. The number of ether oxygens (including phenoxy) is 2. The summed E-state index contributed by atoms with van der Waals surface area (Å²) in [6.07, 6.45) is 9.08. The van der Waals surface area contributed by atoms with Gasteiger partial charge in [-0.15, -0.1) is 0 Å². The number of nitrogens with zero attached hydrogens (tertiary/aromatic N) is 3. The van der Waals surface area contributed by atoms with Crippen LogP contribution in [0.5, 0.6) is 0 Å². The predicted octanol–water partition coefficient (Wildman–Crippen LogP) is 2.14. The molecule has 0 N–H and O–H groups in total. The van der Waals surface area contributed by atoms with Crippen molar-refractivity contribution in [3.63, 3.8) is 0 Å². The van der Waals surface area contributed by atoms with Gasteiger partial charge in [-0.3, -0.25) is 0 Å². The normalized spacial score (nSPS) is 31.8. The first-order chi connectivity index (χ1) is 10.9. The molecule has 5 nitrogen and oxygen atoms in total. The molecule has 0 radical (unpaired) electrons. The zero-order chi connectivity index (χ0) is 14.8. The molecule has 3 heterocycles. The van der Waals surface area contributed by atoms with Gasteiger partial charge in [0, 0.05) is 43.4 Å². The summed E-state index contributed by atoms with van der Waals surface area (Å²) in [6, 6.07) is 1.87. The number of rotatable bonds is 5. The Kier molecular flexibility index (Phi) is 4.01. The molecule has 5 heteroatoms. The lowest BCUT2D eigenvalue weighted by atomic mass is 9.82. The SMILES string of the molecule is c1cnc(N2C[C@@H]3COC[C@]3(COCC3CCCC3)C2)nc1. The number of aromatic nitrogens is 2. The molecule has 2 saturated heterocycles. The summed E-state index contributed by atoms with van der Waals surface area (Å²) in [5.41, 5.74) is 0.137. The van der Waals surface area contributed by atoms with Crippen molar-refractivity contribution in [3.05, 3.63) is 18.5 Å². The highest BCUT2D eigenvalue weighted by Gasteiger charge is 2.51. The van der Waals surface area contributed by atoms with E-state index in [0.29, 0.717) is 5.92 Å². The molecule has 0 bridgehead atoms. The average molecular weight is 303 g/mol. The van der Waals surface area contributed by atoms with Crippen molar-refractivity contribution < 1.29 is 9.47 Å². The molecule has 4 rings (SSSR count). The maximum absolute atomic E-state index is 6.14. The molecule has 0 aromatic carbocycles. The monoisotopic (exact) mass is 303 g/mol. The zero-order valence-electron chi connectivity index (χ0n) is 13.1. The third kappa shape index (κ3) is 2.72. The summed E-state index contributed by atoms with van der Waals surface area (Å²) in [6.45, 7) is 5.33. The maximum Gasteiger partial charge on any atom is 0.225 e. The van der Waals surface area contributed by atoms with E-state index in [1.807, 2.05) is 18.5 Å². The van der Waals surface area contributed by atoms with Gasteiger partial charge in [-0.2, -0.15) is 0 Å². The minimum atomic E-state index is 0.137. The maximum atomic E-state index is 6.14. The van der Waals surface area contributed by atoms with E-state index >= 15 is 0 Å². The molecule has 1 aromatic rings.